The molecule has 148 valence electrons. The van der Waals surface area contributed by atoms with Crippen molar-refractivity contribution in [2.24, 2.45) is 0 Å². The predicted molar refractivity (Wildman–Crippen MR) is 109 cm³/mol. The zero-order valence-corrected chi connectivity index (χ0v) is 16.5. The lowest BCUT2D eigenvalue weighted by atomic mass is 9.99. The van der Waals surface area contributed by atoms with Crippen molar-refractivity contribution in [2.45, 2.75) is 26.0 Å². The fourth-order valence-corrected chi connectivity index (χ4v) is 4.38. The number of nitro benzene ring substituents is 1. The van der Waals surface area contributed by atoms with Gasteiger partial charge >= 0.3 is 5.97 Å². The van der Waals surface area contributed by atoms with E-state index in [1.807, 2.05) is 18.2 Å². The largest absolute Gasteiger partial charge is 0.448 e. The third-order valence-electron chi connectivity index (χ3n) is 4.99. The number of fused-ring (bicyclic) bond motifs is 2. The summed E-state index contributed by atoms with van der Waals surface area (Å²) in [6, 6.07) is 14.0. The number of hydrogen-bond donors (Lipinski definition) is 0. The van der Waals surface area contributed by atoms with Crippen LogP contribution in [0.5, 0.6) is 0 Å². The number of esters is 1. The number of rotatable bonds is 4. The van der Waals surface area contributed by atoms with E-state index >= 15 is 0 Å². The summed E-state index contributed by atoms with van der Waals surface area (Å²) in [7, 11) is 0. The van der Waals surface area contributed by atoms with Crippen molar-refractivity contribution < 1.29 is 19.2 Å². The molecule has 0 saturated heterocycles. The lowest BCUT2D eigenvalue weighted by Crippen LogP contribution is -2.42. The lowest BCUT2D eigenvalue weighted by Gasteiger charge is -2.30. The van der Waals surface area contributed by atoms with Gasteiger partial charge in [-0.1, -0.05) is 24.3 Å². The zero-order chi connectivity index (χ0) is 20.5. The molecule has 4 rings (SSSR count). The van der Waals surface area contributed by atoms with Crippen LogP contribution in [0, 0.1) is 10.1 Å². The number of hydrogen-bond acceptors (Lipinski definition) is 6. The van der Waals surface area contributed by atoms with Gasteiger partial charge in [-0.3, -0.25) is 14.9 Å². The number of non-ortho nitro benzene ring substituents is 1. The molecular formula is C21H18N2O5S. The Kier molecular flexibility index (Phi) is 5.02. The van der Waals surface area contributed by atoms with Crippen molar-refractivity contribution in [1.29, 1.82) is 0 Å². The van der Waals surface area contributed by atoms with Crippen LogP contribution >= 0.6 is 11.3 Å². The Morgan fingerprint density at radius 2 is 1.93 bits per heavy atom. The molecule has 8 heteroatoms. The Bertz CT molecular complexity index is 1120. The summed E-state index contributed by atoms with van der Waals surface area (Å²) in [5.41, 5.74) is 2.31. The predicted octanol–water partition coefficient (Wildman–Crippen LogP) is 3.94. The van der Waals surface area contributed by atoms with Gasteiger partial charge in [-0.15, -0.1) is 11.3 Å². The van der Waals surface area contributed by atoms with Crippen LogP contribution in [0.15, 0.2) is 48.5 Å². The number of nitrogens with zero attached hydrogens (tertiary/aromatic N) is 2. The van der Waals surface area contributed by atoms with Gasteiger partial charge in [0, 0.05) is 35.3 Å². The first-order valence-corrected chi connectivity index (χ1v) is 9.98. The summed E-state index contributed by atoms with van der Waals surface area (Å²) in [6.45, 7) is 2.66. The van der Waals surface area contributed by atoms with Crippen molar-refractivity contribution in [3.05, 3.63) is 74.6 Å². The van der Waals surface area contributed by atoms with Gasteiger partial charge < -0.3 is 9.64 Å². The average Bonchev–Trinajstić information content (AvgIpc) is 3.16. The minimum absolute atomic E-state index is 0.0378. The summed E-state index contributed by atoms with van der Waals surface area (Å²) in [6.07, 6.45) is -0.134. The van der Waals surface area contributed by atoms with Crippen molar-refractivity contribution in [1.82, 2.24) is 4.90 Å². The van der Waals surface area contributed by atoms with Gasteiger partial charge in [0.1, 0.15) is 4.88 Å². The minimum atomic E-state index is -0.910. The topological polar surface area (TPSA) is 89.7 Å². The Labute approximate surface area is 170 Å². The third-order valence-corrected chi connectivity index (χ3v) is 6.08. The van der Waals surface area contributed by atoms with Crippen LogP contribution < -0.4 is 0 Å². The maximum atomic E-state index is 12.7. The highest BCUT2D eigenvalue weighted by Crippen LogP contribution is 2.29. The van der Waals surface area contributed by atoms with E-state index in [9.17, 15) is 19.7 Å². The Balaban J connectivity index is 1.44. The molecule has 0 saturated carbocycles. The van der Waals surface area contributed by atoms with Gasteiger partial charge in [0.15, 0.2) is 6.10 Å². The number of carbonyl (C=O) groups excluding carboxylic acids is 2. The van der Waals surface area contributed by atoms with Crippen LogP contribution in [0.4, 0.5) is 5.69 Å². The Morgan fingerprint density at radius 3 is 2.69 bits per heavy atom. The molecule has 3 aromatic rings. The normalized spacial score (nSPS) is 14.3. The first-order chi connectivity index (χ1) is 13.9. The van der Waals surface area contributed by atoms with E-state index in [4.69, 9.17) is 4.74 Å². The zero-order valence-electron chi connectivity index (χ0n) is 15.7. The van der Waals surface area contributed by atoms with Crippen LogP contribution in [0.25, 0.3) is 10.1 Å². The van der Waals surface area contributed by atoms with Crippen molar-refractivity contribution in [2.75, 3.05) is 6.54 Å². The molecule has 1 aromatic heterocycles. The van der Waals surface area contributed by atoms with E-state index in [2.05, 4.69) is 6.07 Å². The monoisotopic (exact) mass is 410 g/mol. The molecule has 0 aliphatic carbocycles. The molecule has 0 spiro atoms. The molecule has 1 aliphatic rings. The molecule has 29 heavy (non-hydrogen) atoms. The van der Waals surface area contributed by atoms with E-state index in [1.165, 1.54) is 29.0 Å². The fraction of sp³-hybridized carbons (Fsp3) is 0.238. The molecule has 0 fully saturated rings. The quantitative estimate of drug-likeness (QED) is 0.369. The molecule has 0 unspecified atom stereocenters. The third kappa shape index (κ3) is 3.84. The second kappa shape index (κ2) is 7.63. The number of benzene rings is 2. The highest BCUT2D eigenvalue weighted by molar-refractivity contribution is 7.20. The number of amides is 1. The van der Waals surface area contributed by atoms with Crippen LogP contribution in [-0.4, -0.2) is 34.3 Å². The standard InChI is InChI=1S/C21H18N2O5S/c1-13(20(24)22-9-8-14-4-2-3-5-15(14)12-22)28-21(25)19-11-16-10-17(23(26)27)6-7-18(16)29-19/h2-7,10-11,13H,8-9,12H2,1H3/t13-/m0/s1. The summed E-state index contributed by atoms with van der Waals surface area (Å²) < 4.78 is 6.14. The molecule has 1 atom stereocenters. The molecule has 1 amide bonds. The van der Waals surface area contributed by atoms with Gasteiger partial charge in [-0.05, 0) is 36.6 Å². The van der Waals surface area contributed by atoms with E-state index in [0.29, 0.717) is 23.4 Å². The number of ether oxygens (including phenoxy) is 1. The van der Waals surface area contributed by atoms with Gasteiger partial charge in [0.2, 0.25) is 0 Å². The van der Waals surface area contributed by atoms with Gasteiger partial charge in [0.25, 0.3) is 11.6 Å². The second-order valence-corrected chi connectivity index (χ2v) is 8.00. The Morgan fingerprint density at radius 1 is 1.17 bits per heavy atom. The highest BCUT2D eigenvalue weighted by Gasteiger charge is 2.27. The molecular weight excluding hydrogens is 392 g/mol. The minimum Gasteiger partial charge on any atom is -0.448 e. The SMILES string of the molecule is C[C@H](OC(=O)c1cc2cc([N+](=O)[O-])ccc2s1)C(=O)N1CCc2ccccc2C1. The summed E-state index contributed by atoms with van der Waals surface area (Å²) in [5.74, 6) is -0.836. The maximum Gasteiger partial charge on any atom is 0.349 e. The van der Waals surface area contributed by atoms with Crippen LogP contribution in [0.1, 0.15) is 27.7 Å². The summed E-state index contributed by atoms with van der Waals surface area (Å²) in [5, 5.41) is 11.5. The van der Waals surface area contributed by atoms with Crippen LogP contribution in [0.3, 0.4) is 0 Å². The van der Waals surface area contributed by atoms with Crippen LogP contribution in [-0.2, 0) is 22.5 Å². The van der Waals surface area contributed by atoms with E-state index in [0.717, 1.165) is 16.7 Å². The molecule has 0 N–H and O–H groups in total. The average molecular weight is 410 g/mol. The van der Waals surface area contributed by atoms with Gasteiger partial charge in [-0.25, -0.2) is 4.79 Å². The van der Waals surface area contributed by atoms with Gasteiger partial charge in [0.05, 0.1) is 4.92 Å². The Hall–Kier alpha value is -3.26. The smallest absolute Gasteiger partial charge is 0.349 e. The van der Waals surface area contributed by atoms with Crippen molar-refractivity contribution >= 4 is 39.0 Å². The molecule has 0 radical (unpaired) electrons. The van der Waals surface area contributed by atoms with Crippen LogP contribution in [0.2, 0.25) is 0 Å². The maximum absolute atomic E-state index is 12.7. The summed E-state index contributed by atoms with van der Waals surface area (Å²) >= 11 is 1.18. The molecule has 0 bridgehead atoms. The highest BCUT2D eigenvalue weighted by atomic mass is 32.1. The van der Waals surface area contributed by atoms with Gasteiger partial charge in [-0.2, -0.15) is 0 Å². The second-order valence-electron chi connectivity index (χ2n) is 6.92. The molecule has 1 aliphatic heterocycles. The molecule has 2 aromatic carbocycles. The van der Waals surface area contributed by atoms with E-state index in [1.54, 1.807) is 24.0 Å². The number of thiophene rings is 1. The number of nitro groups is 1. The lowest BCUT2D eigenvalue weighted by molar-refractivity contribution is -0.384. The molecule has 7 nitrogen and oxygen atoms in total. The first-order valence-electron chi connectivity index (χ1n) is 9.17. The van der Waals surface area contributed by atoms with Crippen molar-refractivity contribution in [3.8, 4) is 0 Å². The summed E-state index contributed by atoms with van der Waals surface area (Å²) in [4.78, 5) is 37.7. The number of carbonyl (C=O) groups is 2. The van der Waals surface area contributed by atoms with E-state index in [-0.39, 0.29) is 11.6 Å². The molecule has 2 heterocycles. The van der Waals surface area contributed by atoms with E-state index < -0.39 is 17.0 Å². The fourth-order valence-electron chi connectivity index (χ4n) is 3.45. The first kappa shape index (κ1) is 19.1. The van der Waals surface area contributed by atoms with Crippen molar-refractivity contribution in [3.63, 3.8) is 0 Å².